The Balaban J connectivity index is 3.31. The third-order valence-corrected chi connectivity index (χ3v) is 4.89. The minimum absolute atomic E-state index is 0.0394. The summed E-state index contributed by atoms with van der Waals surface area (Å²) < 4.78 is 39.6. The van der Waals surface area contributed by atoms with E-state index >= 15 is 0 Å². The summed E-state index contributed by atoms with van der Waals surface area (Å²) >= 11 is 0. The van der Waals surface area contributed by atoms with Crippen LogP contribution < -0.4 is 5.73 Å². The number of hydrogen-bond acceptors (Lipinski definition) is 4. The van der Waals surface area contributed by atoms with Crippen LogP contribution >= 0.6 is 0 Å². The normalized spacial score (nSPS) is 12.9. The van der Waals surface area contributed by atoms with E-state index in [1.165, 1.54) is 20.8 Å². The Kier molecular flexibility index (Phi) is 4.78. The maximum atomic E-state index is 13.3. The Morgan fingerprint density at radius 1 is 1.40 bits per heavy atom. The summed E-state index contributed by atoms with van der Waals surface area (Å²) in [4.78, 5) is -0.0394. The van der Waals surface area contributed by atoms with E-state index in [0.717, 1.165) is 16.4 Å². The minimum atomic E-state index is -3.83. The quantitative estimate of drug-likeness (QED) is 0.807. The van der Waals surface area contributed by atoms with Gasteiger partial charge in [0.2, 0.25) is 10.0 Å². The highest BCUT2D eigenvalue weighted by Gasteiger charge is 2.30. The Morgan fingerprint density at radius 2 is 1.95 bits per heavy atom. The minimum Gasteiger partial charge on any atom is -0.396 e. The van der Waals surface area contributed by atoms with Gasteiger partial charge in [-0.2, -0.15) is 4.31 Å². The highest BCUT2D eigenvalue weighted by molar-refractivity contribution is 7.89. The van der Waals surface area contributed by atoms with Crippen molar-refractivity contribution in [2.45, 2.75) is 38.2 Å². The van der Waals surface area contributed by atoms with Crippen LogP contribution in [0.1, 0.15) is 26.3 Å². The van der Waals surface area contributed by atoms with Crippen LogP contribution in [0.5, 0.6) is 0 Å². The first-order chi connectivity index (χ1) is 8.99. The number of halogens is 1. The van der Waals surface area contributed by atoms with E-state index in [1.807, 2.05) is 0 Å². The molecule has 1 aromatic carbocycles. The van der Waals surface area contributed by atoms with Gasteiger partial charge in [0.05, 0.1) is 16.2 Å². The fourth-order valence-electron chi connectivity index (χ4n) is 1.88. The third kappa shape index (κ3) is 3.68. The molecule has 0 atom stereocenters. The smallest absolute Gasteiger partial charge is 0.243 e. The summed E-state index contributed by atoms with van der Waals surface area (Å²) in [6, 6.07) is 2.22. The molecule has 5 nitrogen and oxygen atoms in total. The average molecular weight is 304 g/mol. The lowest BCUT2D eigenvalue weighted by Crippen LogP contribution is -2.42. The number of aliphatic hydroxyl groups is 1. The van der Waals surface area contributed by atoms with E-state index in [-0.39, 0.29) is 29.2 Å². The van der Waals surface area contributed by atoms with Crippen LogP contribution in [0.2, 0.25) is 0 Å². The van der Waals surface area contributed by atoms with Crippen LogP contribution in [0.25, 0.3) is 0 Å². The number of anilines is 1. The summed E-state index contributed by atoms with van der Waals surface area (Å²) in [6.07, 6.45) is 0. The Labute approximate surface area is 119 Å². The first-order valence-electron chi connectivity index (χ1n) is 6.27. The molecule has 1 rings (SSSR count). The van der Waals surface area contributed by atoms with Crippen LogP contribution in [0.4, 0.5) is 10.1 Å². The highest BCUT2D eigenvalue weighted by atomic mass is 32.2. The molecule has 0 amide bonds. The van der Waals surface area contributed by atoms with Gasteiger partial charge in [-0.25, -0.2) is 12.8 Å². The molecule has 0 spiro atoms. The molecule has 0 saturated carbocycles. The van der Waals surface area contributed by atoms with E-state index in [4.69, 9.17) is 5.73 Å². The maximum absolute atomic E-state index is 13.3. The lowest BCUT2D eigenvalue weighted by Gasteiger charge is -2.28. The molecule has 0 aromatic heterocycles. The molecule has 3 N–H and O–H groups in total. The largest absolute Gasteiger partial charge is 0.396 e. The van der Waals surface area contributed by atoms with Gasteiger partial charge in [-0.1, -0.05) is 6.92 Å². The number of nitrogens with zero attached hydrogens (tertiary/aromatic N) is 1. The lowest BCUT2D eigenvalue weighted by molar-refractivity contribution is 0.0601. The third-order valence-electron chi connectivity index (χ3n) is 2.83. The second-order valence-corrected chi connectivity index (χ2v) is 7.29. The van der Waals surface area contributed by atoms with Crippen LogP contribution in [0, 0.1) is 12.7 Å². The summed E-state index contributed by atoms with van der Waals surface area (Å²) in [5.41, 5.74) is 4.35. The zero-order chi connectivity index (χ0) is 15.7. The van der Waals surface area contributed by atoms with Crippen molar-refractivity contribution >= 4 is 15.7 Å². The molecule has 0 fully saturated rings. The first kappa shape index (κ1) is 16.9. The standard InChI is InChI=1S/C13H21FN2O3S/c1-5-16(8-13(3,4)17)20(18,19)12-7-11(15)10(14)6-9(12)2/h6-7,17H,5,8,15H2,1-4H3. The lowest BCUT2D eigenvalue weighted by atomic mass is 10.1. The van der Waals surface area contributed by atoms with E-state index in [0.29, 0.717) is 0 Å². The first-order valence-corrected chi connectivity index (χ1v) is 7.71. The van der Waals surface area contributed by atoms with Gasteiger partial charge in [-0.15, -0.1) is 0 Å². The molecule has 0 unspecified atom stereocenters. The predicted octanol–water partition coefficient (Wildman–Crippen LogP) is 1.50. The van der Waals surface area contributed by atoms with Crippen molar-refractivity contribution < 1.29 is 17.9 Å². The zero-order valence-electron chi connectivity index (χ0n) is 12.1. The fourth-order valence-corrected chi connectivity index (χ4v) is 3.73. The van der Waals surface area contributed by atoms with E-state index in [2.05, 4.69) is 0 Å². The second kappa shape index (κ2) is 5.67. The molecule has 0 aliphatic rings. The van der Waals surface area contributed by atoms with Gasteiger partial charge in [0.25, 0.3) is 0 Å². The number of rotatable bonds is 5. The van der Waals surface area contributed by atoms with E-state index in [1.54, 1.807) is 6.92 Å². The molecular formula is C13H21FN2O3S. The molecule has 114 valence electrons. The summed E-state index contributed by atoms with van der Waals surface area (Å²) in [7, 11) is -3.83. The second-order valence-electron chi connectivity index (χ2n) is 5.38. The molecular weight excluding hydrogens is 283 g/mol. The van der Waals surface area contributed by atoms with E-state index < -0.39 is 21.4 Å². The average Bonchev–Trinajstić information content (AvgIpc) is 2.29. The van der Waals surface area contributed by atoms with Gasteiger partial charge in [-0.05, 0) is 38.5 Å². The molecule has 1 aromatic rings. The van der Waals surface area contributed by atoms with Crippen molar-refractivity contribution in [1.82, 2.24) is 4.31 Å². The maximum Gasteiger partial charge on any atom is 0.243 e. The van der Waals surface area contributed by atoms with Gasteiger partial charge in [0.1, 0.15) is 5.82 Å². The topological polar surface area (TPSA) is 83.6 Å². The number of sulfonamides is 1. The zero-order valence-corrected chi connectivity index (χ0v) is 13.0. The van der Waals surface area contributed by atoms with Crippen molar-refractivity contribution in [3.05, 3.63) is 23.5 Å². The van der Waals surface area contributed by atoms with Crippen LogP contribution in [0.15, 0.2) is 17.0 Å². The number of nitrogen functional groups attached to an aromatic ring is 1. The van der Waals surface area contributed by atoms with Gasteiger partial charge in [0.15, 0.2) is 0 Å². The summed E-state index contributed by atoms with van der Waals surface area (Å²) in [5, 5.41) is 9.81. The van der Waals surface area contributed by atoms with Crippen molar-refractivity contribution in [3.63, 3.8) is 0 Å². The summed E-state index contributed by atoms with van der Waals surface area (Å²) in [5.74, 6) is -0.646. The Hall–Kier alpha value is -1.18. The predicted molar refractivity (Wildman–Crippen MR) is 76.3 cm³/mol. The van der Waals surface area contributed by atoms with Gasteiger partial charge < -0.3 is 10.8 Å². The molecule has 0 radical (unpaired) electrons. The SMILES string of the molecule is CCN(CC(C)(C)O)S(=O)(=O)c1cc(N)c(F)cc1C. The number of nitrogens with two attached hydrogens (primary N) is 1. The van der Waals surface area contributed by atoms with Crippen molar-refractivity contribution in [1.29, 1.82) is 0 Å². The molecule has 0 aliphatic heterocycles. The number of benzene rings is 1. The van der Waals surface area contributed by atoms with Crippen LogP contribution in [-0.2, 0) is 10.0 Å². The molecule has 0 heterocycles. The van der Waals surface area contributed by atoms with Crippen LogP contribution in [0.3, 0.4) is 0 Å². The van der Waals surface area contributed by atoms with Crippen molar-refractivity contribution in [2.75, 3.05) is 18.8 Å². The van der Waals surface area contributed by atoms with Gasteiger partial charge >= 0.3 is 0 Å². The molecule has 0 aliphatic carbocycles. The van der Waals surface area contributed by atoms with Crippen molar-refractivity contribution in [2.24, 2.45) is 0 Å². The monoisotopic (exact) mass is 304 g/mol. The number of likely N-dealkylation sites (N-methyl/N-ethyl adjacent to an activating group) is 1. The molecule has 0 saturated heterocycles. The molecule has 0 bridgehead atoms. The Bertz CT molecular complexity index is 594. The Morgan fingerprint density at radius 3 is 2.40 bits per heavy atom. The van der Waals surface area contributed by atoms with Gasteiger partial charge in [-0.3, -0.25) is 0 Å². The summed E-state index contributed by atoms with van der Waals surface area (Å²) in [6.45, 7) is 6.37. The van der Waals surface area contributed by atoms with Gasteiger partial charge in [0, 0.05) is 13.1 Å². The number of hydrogen-bond donors (Lipinski definition) is 2. The molecule has 20 heavy (non-hydrogen) atoms. The van der Waals surface area contributed by atoms with Crippen LogP contribution in [-0.4, -0.2) is 36.5 Å². The highest BCUT2D eigenvalue weighted by Crippen LogP contribution is 2.25. The molecule has 7 heteroatoms. The fraction of sp³-hybridized carbons (Fsp3) is 0.538. The van der Waals surface area contributed by atoms with Crippen molar-refractivity contribution in [3.8, 4) is 0 Å². The number of aryl methyl sites for hydroxylation is 1. The van der Waals surface area contributed by atoms with E-state index in [9.17, 15) is 17.9 Å².